The lowest BCUT2D eigenvalue weighted by atomic mass is 10.2. The predicted molar refractivity (Wildman–Crippen MR) is 55.3 cm³/mol. The molecular weight excluding hydrogens is 160 g/mol. The molecule has 0 amide bonds. The van der Waals surface area contributed by atoms with E-state index in [2.05, 4.69) is 37.4 Å². The van der Waals surface area contributed by atoms with E-state index < -0.39 is 0 Å². The highest BCUT2D eigenvalue weighted by molar-refractivity contribution is 7.80. The Bertz CT molecular complexity index is 79.3. The average Bonchev–Trinajstić information content (AvgIpc) is 1.97. The van der Waals surface area contributed by atoms with Gasteiger partial charge in [-0.1, -0.05) is 18.6 Å². The highest BCUT2D eigenvalue weighted by Gasteiger charge is 1.83. The lowest BCUT2D eigenvalue weighted by Gasteiger charge is -1.92. The molecule has 0 bridgehead atoms. The van der Waals surface area contributed by atoms with Crippen LogP contribution in [-0.2, 0) is 0 Å². The molecule has 0 aliphatic heterocycles. The van der Waals surface area contributed by atoms with Crippen LogP contribution in [0, 0.1) is 0 Å². The Morgan fingerprint density at radius 1 is 0.900 bits per heavy atom. The van der Waals surface area contributed by atoms with Gasteiger partial charge in [-0.2, -0.15) is 25.3 Å². The molecule has 0 spiro atoms. The van der Waals surface area contributed by atoms with Crippen molar-refractivity contribution in [2.75, 3.05) is 11.5 Å². The van der Waals surface area contributed by atoms with E-state index in [1.165, 1.54) is 25.7 Å². The van der Waals surface area contributed by atoms with E-state index in [1.54, 1.807) is 0 Å². The highest BCUT2D eigenvalue weighted by atomic mass is 32.1. The second-order valence-corrected chi connectivity index (χ2v) is 3.04. The van der Waals surface area contributed by atoms with Crippen molar-refractivity contribution in [2.45, 2.75) is 25.7 Å². The van der Waals surface area contributed by atoms with Gasteiger partial charge in [-0.05, 0) is 25.0 Å². The first-order valence-electron chi connectivity index (χ1n) is 3.78. The van der Waals surface area contributed by atoms with Crippen LogP contribution in [0.1, 0.15) is 25.7 Å². The van der Waals surface area contributed by atoms with Crippen molar-refractivity contribution in [3.05, 3.63) is 12.2 Å². The molecule has 0 aromatic rings. The lowest BCUT2D eigenvalue weighted by molar-refractivity contribution is 0.735. The van der Waals surface area contributed by atoms with Gasteiger partial charge in [-0.25, -0.2) is 0 Å². The van der Waals surface area contributed by atoms with E-state index in [1.807, 2.05) is 0 Å². The van der Waals surface area contributed by atoms with Crippen LogP contribution in [0.25, 0.3) is 0 Å². The van der Waals surface area contributed by atoms with Crippen LogP contribution in [-0.4, -0.2) is 11.5 Å². The van der Waals surface area contributed by atoms with Crippen molar-refractivity contribution in [3.63, 3.8) is 0 Å². The maximum absolute atomic E-state index is 4.13. The fourth-order valence-electron chi connectivity index (χ4n) is 0.743. The number of thiol groups is 2. The van der Waals surface area contributed by atoms with Crippen molar-refractivity contribution in [2.24, 2.45) is 0 Å². The molecule has 0 saturated carbocycles. The van der Waals surface area contributed by atoms with E-state index in [-0.39, 0.29) is 0 Å². The third-order valence-corrected chi connectivity index (χ3v) is 1.83. The fraction of sp³-hybridized carbons (Fsp3) is 0.750. The predicted octanol–water partition coefficient (Wildman–Crippen LogP) is 2.96. The standard InChI is InChI=1S/C8H16S2/c9-7-5-3-1-2-4-6-8-10/h3,5,9-10H,1-2,4,6-8H2/b5-3+. The minimum Gasteiger partial charge on any atom is -0.179 e. The van der Waals surface area contributed by atoms with Crippen LogP contribution in [0.4, 0.5) is 0 Å². The monoisotopic (exact) mass is 176 g/mol. The van der Waals surface area contributed by atoms with Gasteiger partial charge >= 0.3 is 0 Å². The first-order valence-corrected chi connectivity index (χ1v) is 5.05. The molecule has 0 atom stereocenters. The van der Waals surface area contributed by atoms with Gasteiger partial charge in [-0.15, -0.1) is 0 Å². The number of unbranched alkanes of at least 4 members (excludes halogenated alkanes) is 3. The molecule has 0 radical (unpaired) electrons. The van der Waals surface area contributed by atoms with Crippen molar-refractivity contribution in [1.82, 2.24) is 0 Å². The van der Waals surface area contributed by atoms with Crippen LogP contribution < -0.4 is 0 Å². The summed E-state index contributed by atoms with van der Waals surface area (Å²) in [4.78, 5) is 0. The molecule has 2 heteroatoms. The summed E-state index contributed by atoms with van der Waals surface area (Å²) < 4.78 is 0. The number of rotatable bonds is 6. The van der Waals surface area contributed by atoms with E-state index in [0.717, 1.165) is 11.5 Å². The Balaban J connectivity index is 2.83. The zero-order valence-electron chi connectivity index (χ0n) is 6.29. The fourth-order valence-corrected chi connectivity index (χ4v) is 1.12. The number of allylic oxidation sites excluding steroid dienone is 1. The van der Waals surface area contributed by atoms with Crippen LogP contribution in [0.3, 0.4) is 0 Å². The van der Waals surface area contributed by atoms with Crippen LogP contribution >= 0.6 is 25.3 Å². The smallest absolute Gasteiger partial charge is 0.00825 e. The van der Waals surface area contributed by atoms with Gasteiger partial charge in [-0.3, -0.25) is 0 Å². The van der Waals surface area contributed by atoms with E-state index in [0.29, 0.717) is 0 Å². The zero-order valence-corrected chi connectivity index (χ0v) is 8.08. The summed E-state index contributed by atoms with van der Waals surface area (Å²) in [7, 11) is 0. The van der Waals surface area contributed by atoms with Crippen molar-refractivity contribution >= 4 is 25.3 Å². The third kappa shape index (κ3) is 8.44. The minimum absolute atomic E-state index is 0.868. The molecule has 0 N–H and O–H groups in total. The van der Waals surface area contributed by atoms with E-state index in [4.69, 9.17) is 0 Å². The lowest BCUT2D eigenvalue weighted by Crippen LogP contribution is -1.76. The van der Waals surface area contributed by atoms with Crippen LogP contribution in [0.2, 0.25) is 0 Å². The van der Waals surface area contributed by atoms with E-state index >= 15 is 0 Å². The number of hydrogen-bond donors (Lipinski definition) is 2. The topological polar surface area (TPSA) is 0 Å². The van der Waals surface area contributed by atoms with Gasteiger partial charge in [0.05, 0.1) is 0 Å². The van der Waals surface area contributed by atoms with Gasteiger partial charge in [0, 0.05) is 5.75 Å². The Hall–Kier alpha value is 0.440. The molecule has 0 nitrogen and oxygen atoms in total. The minimum atomic E-state index is 0.868. The first-order chi connectivity index (χ1) is 4.91. The summed E-state index contributed by atoms with van der Waals surface area (Å²) in [5, 5.41) is 0. The SMILES string of the molecule is SC/C=C/CCCCCS. The maximum atomic E-state index is 4.13. The second kappa shape index (κ2) is 9.44. The van der Waals surface area contributed by atoms with Gasteiger partial charge in [0.25, 0.3) is 0 Å². The third-order valence-electron chi connectivity index (χ3n) is 1.30. The van der Waals surface area contributed by atoms with Gasteiger partial charge in [0.2, 0.25) is 0 Å². The Kier molecular flexibility index (Phi) is 9.86. The van der Waals surface area contributed by atoms with Crippen molar-refractivity contribution in [3.8, 4) is 0 Å². The molecular formula is C8H16S2. The Morgan fingerprint density at radius 2 is 1.70 bits per heavy atom. The summed E-state index contributed by atoms with van der Waals surface area (Å²) in [5.41, 5.74) is 0. The van der Waals surface area contributed by atoms with Crippen LogP contribution in [0.5, 0.6) is 0 Å². The van der Waals surface area contributed by atoms with Crippen LogP contribution in [0.15, 0.2) is 12.2 Å². The highest BCUT2D eigenvalue weighted by Crippen LogP contribution is 2.01. The molecule has 0 aliphatic rings. The molecule has 0 aromatic carbocycles. The largest absolute Gasteiger partial charge is 0.179 e. The number of hydrogen-bond acceptors (Lipinski definition) is 2. The molecule has 10 heavy (non-hydrogen) atoms. The molecule has 60 valence electrons. The van der Waals surface area contributed by atoms with Crippen molar-refractivity contribution < 1.29 is 0 Å². The molecule has 0 rings (SSSR count). The zero-order chi connectivity index (χ0) is 7.66. The molecule has 0 unspecified atom stereocenters. The van der Waals surface area contributed by atoms with Gasteiger partial charge in [0.1, 0.15) is 0 Å². The summed E-state index contributed by atoms with van der Waals surface area (Å²) in [6.45, 7) is 0. The second-order valence-electron chi connectivity index (χ2n) is 2.23. The quantitative estimate of drug-likeness (QED) is 0.347. The average molecular weight is 176 g/mol. The van der Waals surface area contributed by atoms with Gasteiger partial charge < -0.3 is 0 Å². The summed E-state index contributed by atoms with van der Waals surface area (Å²) >= 11 is 8.20. The van der Waals surface area contributed by atoms with Gasteiger partial charge in [0.15, 0.2) is 0 Å². The van der Waals surface area contributed by atoms with Crippen molar-refractivity contribution in [1.29, 1.82) is 0 Å². The maximum Gasteiger partial charge on any atom is 0.00825 e. The Labute approximate surface area is 74.9 Å². The molecule has 0 aliphatic carbocycles. The molecule has 0 saturated heterocycles. The Morgan fingerprint density at radius 3 is 2.30 bits per heavy atom. The summed E-state index contributed by atoms with van der Waals surface area (Å²) in [6, 6.07) is 0. The first kappa shape index (κ1) is 10.4. The molecule has 0 aromatic heterocycles. The molecule has 0 fully saturated rings. The summed E-state index contributed by atoms with van der Waals surface area (Å²) in [6.07, 6.45) is 9.35. The summed E-state index contributed by atoms with van der Waals surface area (Å²) in [5.74, 6) is 1.89. The van der Waals surface area contributed by atoms with E-state index in [9.17, 15) is 0 Å². The normalized spacial score (nSPS) is 11.0. The molecule has 0 heterocycles.